The van der Waals surface area contributed by atoms with Crippen molar-refractivity contribution in [3.8, 4) is 5.75 Å². The fourth-order valence-electron chi connectivity index (χ4n) is 1.44. The Labute approximate surface area is 109 Å². The number of halogens is 1. The number of benzene rings is 1. The highest BCUT2D eigenvalue weighted by Gasteiger charge is 2.08. The topological polar surface area (TPSA) is 68.4 Å². The molecule has 1 N–H and O–H groups in total. The number of hydrogen-bond acceptors (Lipinski definition) is 5. The van der Waals surface area contributed by atoms with Gasteiger partial charge in [-0.15, -0.1) is 0 Å². The summed E-state index contributed by atoms with van der Waals surface area (Å²) in [6.45, 7) is 3.57. The van der Waals surface area contributed by atoms with Gasteiger partial charge in [0.05, 0.1) is 11.1 Å². The van der Waals surface area contributed by atoms with Crippen LogP contribution < -0.4 is 4.74 Å². The van der Waals surface area contributed by atoms with Crippen LogP contribution in [0.5, 0.6) is 5.75 Å². The predicted octanol–water partition coefficient (Wildman–Crippen LogP) is 2.66. The summed E-state index contributed by atoms with van der Waals surface area (Å²) in [5.41, 5.74) is 0.739. The van der Waals surface area contributed by atoms with Crippen LogP contribution in [0, 0.1) is 6.92 Å². The summed E-state index contributed by atoms with van der Waals surface area (Å²) in [4.78, 5) is 4.02. The molecule has 0 bridgehead atoms. The van der Waals surface area contributed by atoms with E-state index >= 15 is 0 Å². The lowest BCUT2D eigenvalue weighted by molar-refractivity contribution is 0.199. The first-order valence-corrected chi connectivity index (χ1v) is 5.83. The van der Waals surface area contributed by atoms with Crippen LogP contribution in [0.2, 0.25) is 5.02 Å². The zero-order chi connectivity index (χ0) is 13.1. The maximum atomic E-state index is 9.42. The van der Waals surface area contributed by atoms with Crippen molar-refractivity contribution in [2.75, 3.05) is 0 Å². The number of ether oxygens (including phenoxy) is 1. The monoisotopic (exact) mass is 268 g/mol. The van der Waals surface area contributed by atoms with Gasteiger partial charge in [-0.2, -0.15) is 4.98 Å². The molecule has 0 saturated heterocycles. The average molecular weight is 269 g/mol. The zero-order valence-corrected chi connectivity index (χ0v) is 10.8. The largest absolute Gasteiger partial charge is 0.484 e. The number of hydrogen-bond donors (Lipinski definition) is 1. The summed E-state index contributed by atoms with van der Waals surface area (Å²) in [6.07, 6.45) is -0.559. The molecule has 96 valence electrons. The smallest absolute Gasteiger partial charge is 0.223 e. The van der Waals surface area contributed by atoms with E-state index in [2.05, 4.69) is 10.1 Å². The van der Waals surface area contributed by atoms with Crippen molar-refractivity contribution < 1.29 is 14.4 Å². The van der Waals surface area contributed by atoms with Crippen LogP contribution >= 0.6 is 11.6 Å². The van der Waals surface area contributed by atoms with Gasteiger partial charge < -0.3 is 14.4 Å². The molecule has 6 heteroatoms. The molecule has 0 amide bonds. The van der Waals surface area contributed by atoms with E-state index in [-0.39, 0.29) is 6.61 Å². The van der Waals surface area contributed by atoms with E-state index in [1.807, 2.05) is 0 Å². The molecule has 0 saturated carbocycles. The summed E-state index contributed by atoms with van der Waals surface area (Å²) in [5, 5.41) is 13.6. The maximum Gasteiger partial charge on any atom is 0.223 e. The van der Waals surface area contributed by atoms with Gasteiger partial charge in [-0.3, -0.25) is 0 Å². The van der Waals surface area contributed by atoms with Crippen molar-refractivity contribution >= 4 is 11.6 Å². The van der Waals surface area contributed by atoms with E-state index in [0.29, 0.717) is 22.5 Å². The minimum absolute atomic E-state index is 0.186. The van der Waals surface area contributed by atoms with Gasteiger partial charge >= 0.3 is 0 Å². The minimum atomic E-state index is -0.559. The third-order valence-electron chi connectivity index (χ3n) is 2.36. The van der Waals surface area contributed by atoms with Crippen LogP contribution in [0.1, 0.15) is 30.3 Å². The van der Waals surface area contributed by atoms with Crippen LogP contribution in [-0.4, -0.2) is 15.2 Å². The fraction of sp³-hybridized carbons (Fsp3) is 0.333. The lowest BCUT2D eigenvalue weighted by atomic mass is 10.1. The first-order chi connectivity index (χ1) is 8.56. The van der Waals surface area contributed by atoms with Gasteiger partial charge in [0.2, 0.25) is 11.7 Å². The van der Waals surface area contributed by atoms with Crippen molar-refractivity contribution in [1.29, 1.82) is 0 Å². The Bertz CT molecular complexity index is 540. The number of rotatable bonds is 4. The van der Waals surface area contributed by atoms with E-state index in [9.17, 15) is 5.11 Å². The van der Waals surface area contributed by atoms with Gasteiger partial charge in [-0.05, 0) is 24.6 Å². The summed E-state index contributed by atoms with van der Waals surface area (Å²) >= 11 is 6.04. The first-order valence-electron chi connectivity index (χ1n) is 5.46. The Morgan fingerprint density at radius 1 is 1.50 bits per heavy atom. The molecule has 2 rings (SSSR count). The highest BCUT2D eigenvalue weighted by Crippen LogP contribution is 2.28. The fourth-order valence-corrected chi connectivity index (χ4v) is 1.68. The summed E-state index contributed by atoms with van der Waals surface area (Å²) in [6, 6.07) is 5.13. The molecule has 0 radical (unpaired) electrons. The minimum Gasteiger partial charge on any atom is -0.484 e. The molecule has 1 atom stereocenters. The van der Waals surface area contributed by atoms with Gasteiger partial charge in [-0.25, -0.2) is 0 Å². The van der Waals surface area contributed by atoms with Gasteiger partial charge in [0.25, 0.3) is 0 Å². The van der Waals surface area contributed by atoms with Crippen molar-refractivity contribution in [2.24, 2.45) is 0 Å². The Morgan fingerprint density at radius 3 is 2.83 bits per heavy atom. The number of aryl methyl sites for hydroxylation is 1. The normalized spacial score (nSPS) is 12.4. The second-order valence-corrected chi connectivity index (χ2v) is 4.29. The number of aliphatic hydroxyl groups is 1. The molecule has 1 aromatic heterocycles. The van der Waals surface area contributed by atoms with Gasteiger partial charge in [0.1, 0.15) is 5.75 Å². The summed E-state index contributed by atoms with van der Waals surface area (Å²) in [7, 11) is 0. The maximum absolute atomic E-state index is 9.42. The van der Waals surface area contributed by atoms with Crippen molar-refractivity contribution in [3.63, 3.8) is 0 Å². The third kappa shape index (κ3) is 3.00. The molecule has 18 heavy (non-hydrogen) atoms. The van der Waals surface area contributed by atoms with Crippen LogP contribution in [0.25, 0.3) is 0 Å². The van der Waals surface area contributed by atoms with E-state index in [4.69, 9.17) is 20.9 Å². The van der Waals surface area contributed by atoms with E-state index in [0.717, 1.165) is 5.56 Å². The quantitative estimate of drug-likeness (QED) is 0.923. The zero-order valence-electron chi connectivity index (χ0n) is 10.1. The molecular formula is C12H13ClN2O3. The van der Waals surface area contributed by atoms with Crippen molar-refractivity contribution in [1.82, 2.24) is 10.1 Å². The number of aliphatic hydroxyl groups excluding tert-OH is 1. The second kappa shape index (κ2) is 5.37. The highest BCUT2D eigenvalue weighted by atomic mass is 35.5. The number of aromatic nitrogens is 2. The van der Waals surface area contributed by atoms with Crippen LogP contribution in [0.15, 0.2) is 22.7 Å². The summed E-state index contributed by atoms with van der Waals surface area (Å²) in [5.74, 6) is 1.47. The molecule has 0 spiro atoms. The Balaban J connectivity index is 2.05. The van der Waals surface area contributed by atoms with E-state index in [1.54, 1.807) is 32.0 Å². The summed E-state index contributed by atoms with van der Waals surface area (Å²) < 4.78 is 10.3. The van der Waals surface area contributed by atoms with Gasteiger partial charge in [-0.1, -0.05) is 22.8 Å². The highest BCUT2D eigenvalue weighted by molar-refractivity contribution is 6.32. The standard InChI is InChI=1S/C12H13ClN2O3/c1-7(16)9-3-4-11(10(13)5-9)17-6-12-14-8(2)18-15-12/h3-5,7,16H,6H2,1-2H3. The third-order valence-corrected chi connectivity index (χ3v) is 2.66. The molecule has 0 fully saturated rings. The molecule has 0 aliphatic carbocycles. The molecule has 1 heterocycles. The lowest BCUT2D eigenvalue weighted by Gasteiger charge is -2.09. The predicted molar refractivity (Wildman–Crippen MR) is 65.5 cm³/mol. The number of nitrogens with zero attached hydrogens (tertiary/aromatic N) is 2. The van der Waals surface area contributed by atoms with Crippen LogP contribution in [-0.2, 0) is 6.61 Å². The second-order valence-electron chi connectivity index (χ2n) is 3.88. The molecule has 0 aliphatic rings. The first kappa shape index (κ1) is 12.9. The molecule has 2 aromatic rings. The molecule has 0 aliphatic heterocycles. The van der Waals surface area contributed by atoms with Crippen LogP contribution in [0.3, 0.4) is 0 Å². The van der Waals surface area contributed by atoms with Crippen molar-refractivity contribution in [3.05, 3.63) is 40.5 Å². The average Bonchev–Trinajstić information content (AvgIpc) is 2.73. The van der Waals surface area contributed by atoms with E-state index in [1.165, 1.54) is 0 Å². The molecule has 1 aromatic carbocycles. The Kier molecular flexibility index (Phi) is 3.84. The van der Waals surface area contributed by atoms with E-state index < -0.39 is 6.10 Å². The lowest BCUT2D eigenvalue weighted by Crippen LogP contribution is -1.99. The molecule has 5 nitrogen and oxygen atoms in total. The SMILES string of the molecule is Cc1nc(COc2ccc(C(C)O)cc2Cl)no1. The molecular weight excluding hydrogens is 256 g/mol. The Hall–Kier alpha value is -1.59. The van der Waals surface area contributed by atoms with Gasteiger partial charge in [0, 0.05) is 6.92 Å². The Morgan fingerprint density at radius 2 is 2.28 bits per heavy atom. The van der Waals surface area contributed by atoms with Crippen LogP contribution in [0.4, 0.5) is 0 Å². The van der Waals surface area contributed by atoms with Crippen molar-refractivity contribution in [2.45, 2.75) is 26.6 Å². The molecule has 1 unspecified atom stereocenters. The van der Waals surface area contributed by atoms with Gasteiger partial charge in [0.15, 0.2) is 6.61 Å².